The second kappa shape index (κ2) is 10.2. The van der Waals surface area contributed by atoms with Crippen LogP contribution in [0.1, 0.15) is 33.4 Å². The predicted octanol–water partition coefficient (Wildman–Crippen LogP) is 3.61. The number of hydrogen-bond acceptors (Lipinski definition) is 5. The molecule has 1 atom stereocenters. The van der Waals surface area contributed by atoms with Gasteiger partial charge < -0.3 is 10.8 Å². The third-order valence-electron chi connectivity index (χ3n) is 5.60. The minimum Gasteiger partial charge on any atom is -0.394 e. The average Bonchev–Trinajstić information content (AvgIpc) is 3.16. The molecule has 196 valence electrons. The molecule has 2 aromatic rings. The van der Waals surface area contributed by atoms with E-state index in [1.165, 1.54) is 6.07 Å². The van der Waals surface area contributed by atoms with E-state index in [1.54, 1.807) is 18.2 Å². The number of rotatable bonds is 7. The summed E-state index contributed by atoms with van der Waals surface area (Å²) in [7, 11) is -3.54. The molecule has 36 heavy (non-hydrogen) atoms. The van der Waals surface area contributed by atoms with Gasteiger partial charge in [0.1, 0.15) is 10.6 Å². The van der Waals surface area contributed by atoms with Crippen LogP contribution >= 0.6 is 0 Å². The number of halogens is 6. The lowest BCUT2D eigenvalue weighted by molar-refractivity contribution is -0.137. The summed E-state index contributed by atoms with van der Waals surface area (Å²) >= 11 is 0. The van der Waals surface area contributed by atoms with Crippen LogP contribution in [0.2, 0.25) is 0 Å². The maximum atomic E-state index is 13.2. The van der Waals surface area contributed by atoms with Gasteiger partial charge in [0.15, 0.2) is 0 Å². The van der Waals surface area contributed by atoms with E-state index in [1.807, 2.05) is 0 Å². The Labute approximate surface area is 203 Å². The van der Waals surface area contributed by atoms with Crippen molar-refractivity contribution in [3.63, 3.8) is 0 Å². The first kappa shape index (κ1) is 27.7. The second-order valence-electron chi connectivity index (χ2n) is 8.36. The topological polar surface area (TPSA) is 105 Å². The molecule has 0 aromatic heterocycles. The fourth-order valence-corrected chi connectivity index (χ4v) is 5.43. The number of sulfonamides is 1. The van der Waals surface area contributed by atoms with Crippen LogP contribution in [0.3, 0.4) is 0 Å². The van der Waals surface area contributed by atoms with Gasteiger partial charge in [0, 0.05) is 19.3 Å². The van der Waals surface area contributed by atoms with Crippen molar-refractivity contribution in [2.24, 2.45) is 10.7 Å². The molecule has 1 aliphatic rings. The van der Waals surface area contributed by atoms with E-state index < -0.39 is 51.2 Å². The zero-order valence-corrected chi connectivity index (χ0v) is 19.7. The fourth-order valence-electron chi connectivity index (χ4n) is 4.04. The van der Waals surface area contributed by atoms with Gasteiger partial charge >= 0.3 is 12.4 Å². The van der Waals surface area contributed by atoms with E-state index in [-0.39, 0.29) is 24.8 Å². The van der Waals surface area contributed by atoms with Crippen molar-refractivity contribution in [1.29, 1.82) is 0 Å². The van der Waals surface area contributed by atoms with Gasteiger partial charge in [-0.2, -0.15) is 26.3 Å². The quantitative estimate of drug-likeness (QED) is 0.372. The van der Waals surface area contributed by atoms with Crippen LogP contribution in [0.15, 0.2) is 52.0 Å². The molecule has 0 spiro atoms. The summed E-state index contributed by atoms with van der Waals surface area (Å²) in [6.07, 6.45) is -8.62. The Balaban J connectivity index is 1.81. The number of nitrogens with zero attached hydrogens (tertiary/aromatic N) is 1. The van der Waals surface area contributed by atoms with Crippen LogP contribution < -0.4 is 10.5 Å². The van der Waals surface area contributed by atoms with E-state index >= 15 is 0 Å². The summed E-state index contributed by atoms with van der Waals surface area (Å²) < 4.78 is 106. The van der Waals surface area contributed by atoms with Crippen molar-refractivity contribution in [2.75, 3.05) is 7.05 Å². The highest BCUT2D eigenvalue weighted by molar-refractivity contribution is 7.94. The second-order valence-corrected chi connectivity index (χ2v) is 10.0. The zero-order valence-electron chi connectivity index (χ0n) is 18.9. The van der Waals surface area contributed by atoms with Gasteiger partial charge in [-0.25, -0.2) is 13.1 Å². The first-order chi connectivity index (χ1) is 16.6. The number of alkyl halides is 6. The Morgan fingerprint density at radius 3 is 2.28 bits per heavy atom. The van der Waals surface area contributed by atoms with Crippen molar-refractivity contribution in [2.45, 2.75) is 44.3 Å². The number of fused-ring (bicyclic) bond motifs is 1. The third-order valence-corrected chi connectivity index (χ3v) is 7.15. The number of hydrogen-bond donors (Lipinski definition) is 3. The summed E-state index contributed by atoms with van der Waals surface area (Å²) in [6, 6.07) is 7.69. The summed E-state index contributed by atoms with van der Waals surface area (Å²) in [5, 5.41) is 9.31. The Morgan fingerprint density at radius 2 is 1.69 bits per heavy atom. The van der Waals surface area contributed by atoms with Crippen LogP contribution in [-0.4, -0.2) is 39.0 Å². The Kier molecular flexibility index (Phi) is 7.86. The van der Waals surface area contributed by atoms with Gasteiger partial charge in [0.05, 0.1) is 12.2 Å². The van der Waals surface area contributed by atoms with Crippen LogP contribution in [0.4, 0.5) is 26.3 Å². The fraction of sp³-hybridized carbons (Fsp3) is 0.348. The van der Waals surface area contributed by atoms with Gasteiger partial charge in [-0.1, -0.05) is 24.3 Å². The maximum Gasteiger partial charge on any atom is 0.432 e. The van der Waals surface area contributed by atoms with Crippen LogP contribution in [0, 0.1) is 0 Å². The highest BCUT2D eigenvalue weighted by Crippen LogP contribution is 2.32. The maximum absolute atomic E-state index is 13.2. The molecule has 1 aliphatic carbocycles. The van der Waals surface area contributed by atoms with Gasteiger partial charge in [0.25, 0.3) is 0 Å². The molecule has 0 unspecified atom stereocenters. The van der Waals surface area contributed by atoms with Gasteiger partial charge in [-0.05, 0) is 59.2 Å². The van der Waals surface area contributed by atoms with Crippen molar-refractivity contribution >= 4 is 16.2 Å². The number of aliphatic hydroxyl groups is 1. The Morgan fingerprint density at radius 1 is 1.06 bits per heavy atom. The molecule has 13 heteroatoms. The normalized spacial score (nSPS) is 17.4. The summed E-state index contributed by atoms with van der Waals surface area (Å²) in [5.41, 5.74) is 4.94. The summed E-state index contributed by atoms with van der Waals surface area (Å²) in [4.78, 5) is 2.19. The van der Waals surface area contributed by atoms with Crippen molar-refractivity contribution in [1.82, 2.24) is 4.72 Å². The summed E-state index contributed by atoms with van der Waals surface area (Å²) in [5.74, 6) is 0. The molecule has 0 fully saturated rings. The molecule has 0 saturated heterocycles. The van der Waals surface area contributed by atoms with E-state index in [2.05, 4.69) is 9.71 Å². The molecule has 0 aliphatic heterocycles. The molecular formula is C23H23F6N3O3S. The highest BCUT2D eigenvalue weighted by Gasteiger charge is 2.39. The van der Waals surface area contributed by atoms with E-state index in [0.29, 0.717) is 22.9 Å². The van der Waals surface area contributed by atoms with E-state index in [9.17, 15) is 39.9 Å². The Hall–Kier alpha value is -2.90. The lowest BCUT2D eigenvalue weighted by Gasteiger charge is -2.16. The van der Waals surface area contributed by atoms with Gasteiger partial charge in [0.2, 0.25) is 10.0 Å². The molecule has 0 bridgehead atoms. The standard InChI is InChI=1S/C23H23F6N3O3S/c1-31-11-20(21(30)23(27,28)29)36(34,35)32-19-9-16-3-2-13(6-17(16)10-19)4-14-5-15(12-33)8-18(7-14)22(24,25)26/h2-3,5-8,11,19,32-33H,4,9-10,12,30H2,1H3/t19-/m0/s1. The van der Waals surface area contributed by atoms with Crippen molar-refractivity contribution < 1.29 is 39.9 Å². The highest BCUT2D eigenvalue weighted by atomic mass is 32.2. The largest absolute Gasteiger partial charge is 0.432 e. The number of allylic oxidation sites excluding steroid dienone is 2. The number of aliphatic hydroxyl groups excluding tert-OH is 1. The SMILES string of the molecule is CN=CC(=C(N)C(F)(F)F)S(=O)(=O)N[C@H]1Cc2ccc(Cc3cc(CO)cc(C(F)(F)F)c3)cc2C1. The van der Waals surface area contributed by atoms with E-state index in [4.69, 9.17) is 5.73 Å². The summed E-state index contributed by atoms with van der Waals surface area (Å²) in [6.45, 7) is -0.555. The van der Waals surface area contributed by atoms with E-state index in [0.717, 1.165) is 24.7 Å². The van der Waals surface area contributed by atoms with Gasteiger partial charge in [-0.3, -0.25) is 4.99 Å². The first-order valence-corrected chi connectivity index (χ1v) is 12.1. The molecule has 0 saturated carbocycles. The lowest BCUT2D eigenvalue weighted by Crippen LogP contribution is -2.38. The zero-order chi connectivity index (χ0) is 26.9. The van der Waals surface area contributed by atoms with Gasteiger partial charge in [-0.15, -0.1) is 0 Å². The monoisotopic (exact) mass is 535 g/mol. The average molecular weight is 536 g/mol. The molecule has 0 amide bonds. The first-order valence-electron chi connectivity index (χ1n) is 10.6. The van der Waals surface area contributed by atoms with Crippen molar-refractivity contribution in [3.05, 3.63) is 80.4 Å². The smallest absolute Gasteiger partial charge is 0.394 e. The third kappa shape index (κ3) is 6.45. The molecular weight excluding hydrogens is 512 g/mol. The molecule has 0 heterocycles. The molecule has 2 aromatic carbocycles. The lowest BCUT2D eigenvalue weighted by atomic mass is 9.97. The number of aliphatic imine (C=N–C) groups is 1. The number of nitrogens with two attached hydrogens (primary N) is 1. The van der Waals surface area contributed by atoms with Crippen LogP contribution in [-0.2, 0) is 42.1 Å². The predicted molar refractivity (Wildman–Crippen MR) is 122 cm³/mol. The number of benzene rings is 2. The minimum absolute atomic E-state index is 0.119. The van der Waals surface area contributed by atoms with Crippen LogP contribution in [0.25, 0.3) is 0 Å². The number of nitrogens with one attached hydrogen (secondary N) is 1. The van der Waals surface area contributed by atoms with Crippen molar-refractivity contribution in [3.8, 4) is 0 Å². The molecule has 4 N–H and O–H groups in total. The van der Waals surface area contributed by atoms with Crippen LogP contribution in [0.5, 0.6) is 0 Å². The molecule has 3 rings (SSSR count). The minimum atomic E-state index is -5.07. The molecule has 6 nitrogen and oxygen atoms in total. The Bertz CT molecular complexity index is 1300. The molecule has 0 radical (unpaired) electrons.